The highest BCUT2D eigenvalue weighted by Crippen LogP contribution is 2.39. The zero-order valence-corrected chi connectivity index (χ0v) is 17.3. The van der Waals surface area contributed by atoms with E-state index in [4.69, 9.17) is 0 Å². The number of rotatable bonds is 3. The Hall–Kier alpha value is -2.41. The summed E-state index contributed by atoms with van der Waals surface area (Å²) in [7, 11) is 2.14. The predicted molar refractivity (Wildman–Crippen MR) is 109 cm³/mol. The van der Waals surface area contributed by atoms with Gasteiger partial charge in [0.15, 0.2) is 0 Å². The fourth-order valence-electron chi connectivity index (χ4n) is 4.96. The summed E-state index contributed by atoms with van der Waals surface area (Å²) in [6.45, 7) is 5.06. The van der Waals surface area contributed by atoms with Crippen molar-refractivity contribution in [3.63, 3.8) is 0 Å². The first-order chi connectivity index (χ1) is 13.8. The molecule has 0 radical (unpaired) electrons. The molecular weight excluding hydrogens is 368 g/mol. The molecule has 4 rings (SSSR count). The molecular formula is C22H30N4O3. The van der Waals surface area contributed by atoms with Crippen LogP contribution in [0.4, 0.5) is 4.79 Å². The number of hydrogen-bond donors (Lipinski definition) is 1. The Morgan fingerprint density at radius 1 is 1.07 bits per heavy atom. The van der Waals surface area contributed by atoms with Gasteiger partial charge in [0.1, 0.15) is 12.1 Å². The number of imide groups is 1. The van der Waals surface area contributed by atoms with E-state index in [1.165, 1.54) is 0 Å². The average Bonchev–Trinajstić information content (AvgIpc) is 2.95. The highest BCUT2D eigenvalue weighted by molar-refractivity contribution is 6.09. The van der Waals surface area contributed by atoms with E-state index >= 15 is 0 Å². The maximum Gasteiger partial charge on any atom is 0.325 e. The SMILES string of the molecule is CN1CCC2(CCCN(C(=O)CN3C(=O)NC(C)(c4ccccc4)C3=O)C2)CC1. The van der Waals surface area contributed by atoms with E-state index < -0.39 is 11.6 Å². The van der Waals surface area contributed by atoms with Crippen LogP contribution in [0, 0.1) is 5.41 Å². The van der Waals surface area contributed by atoms with Crippen LogP contribution in [0.2, 0.25) is 0 Å². The number of piperidine rings is 2. The number of hydrogen-bond acceptors (Lipinski definition) is 4. The third-order valence-corrected chi connectivity index (χ3v) is 6.98. The fourth-order valence-corrected chi connectivity index (χ4v) is 4.96. The molecule has 3 aliphatic heterocycles. The number of benzene rings is 1. The van der Waals surface area contributed by atoms with Crippen LogP contribution in [0.5, 0.6) is 0 Å². The topological polar surface area (TPSA) is 73.0 Å². The van der Waals surface area contributed by atoms with E-state index in [1.807, 2.05) is 35.2 Å². The van der Waals surface area contributed by atoms with Gasteiger partial charge in [-0.1, -0.05) is 30.3 Å². The monoisotopic (exact) mass is 398 g/mol. The molecule has 1 N–H and O–H groups in total. The number of carbonyl (C=O) groups excluding carboxylic acids is 3. The lowest BCUT2D eigenvalue weighted by atomic mass is 9.72. The normalized spacial score (nSPS) is 27.4. The van der Waals surface area contributed by atoms with Crippen LogP contribution in [-0.4, -0.2) is 72.3 Å². The van der Waals surface area contributed by atoms with Gasteiger partial charge in [-0.15, -0.1) is 0 Å². The molecule has 0 saturated carbocycles. The van der Waals surface area contributed by atoms with Crippen LogP contribution in [-0.2, 0) is 15.1 Å². The third kappa shape index (κ3) is 3.64. The van der Waals surface area contributed by atoms with Crippen molar-refractivity contribution in [2.75, 3.05) is 39.8 Å². The van der Waals surface area contributed by atoms with Crippen LogP contribution in [0.25, 0.3) is 0 Å². The Balaban J connectivity index is 1.44. The van der Waals surface area contributed by atoms with Crippen molar-refractivity contribution in [1.82, 2.24) is 20.0 Å². The van der Waals surface area contributed by atoms with Crippen LogP contribution in [0.3, 0.4) is 0 Å². The summed E-state index contributed by atoms with van der Waals surface area (Å²) in [4.78, 5) is 43.9. The minimum absolute atomic E-state index is 0.135. The van der Waals surface area contributed by atoms with Gasteiger partial charge in [-0.25, -0.2) is 4.79 Å². The Bertz CT molecular complexity index is 804. The Labute approximate surface area is 172 Å². The highest BCUT2D eigenvalue weighted by atomic mass is 16.2. The molecule has 4 amide bonds. The van der Waals surface area contributed by atoms with Gasteiger partial charge in [0.2, 0.25) is 5.91 Å². The summed E-state index contributed by atoms with van der Waals surface area (Å²) in [6, 6.07) is 8.67. The number of amides is 4. The second-order valence-electron chi connectivity index (χ2n) is 9.03. The van der Waals surface area contributed by atoms with Gasteiger partial charge in [0.05, 0.1) is 0 Å². The molecule has 3 fully saturated rings. The van der Waals surface area contributed by atoms with Gasteiger partial charge in [-0.2, -0.15) is 0 Å². The molecule has 3 aliphatic rings. The largest absolute Gasteiger partial charge is 0.341 e. The van der Waals surface area contributed by atoms with Gasteiger partial charge >= 0.3 is 6.03 Å². The van der Waals surface area contributed by atoms with E-state index in [1.54, 1.807) is 6.92 Å². The zero-order valence-electron chi connectivity index (χ0n) is 17.3. The summed E-state index contributed by atoms with van der Waals surface area (Å²) in [5.41, 5.74) is -0.220. The molecule has 7 heteroatoms. The fraction of sp³-hybridized carbons (Fsp3) is 0.591. The van der Waals surface area contributed by atoms with Gasteiger partial charge in [0, 0.05) is 13.1 Å². The number of likely N-dealkylation sites (tertiary alicyclic amines) is 2. The number of nitrogens with one attached hydrogen (secondary N) is 1. The zero-order chi connectivity index (χ0) is 20.6. The summed E-state index contributed by atoms with van der Waals surface area (Å²) >= 11 is 0. The molecule has 0 bridgehead atoms. The van der Waals surface area contributed by atoms with Gasteiger partial charge in [-0.05, 0) is 63.7 Å². The van der Waals surface area contributed by atoms with Crippen molar-refractivity contribution in [2.45, 2.75) is 38.1 Å². The number of urea groups is 1. The van der Waals surface area contributed by atoms with E-state index in [2.05, 4.69) is 17.3 Å². The Morgan fingerprint density at radius 2 is 1.76 bits per heavy atom. The first-order valence-electron chi connectivity index (χ1n) is 10.5. The van der Waals surface area contributed by atoms with Crippen LogP contribution < -0.4 is 5.32 Å². The lowest BCUT2D eigenvalue weighted by molar-refractivity contribution is -0.141. The maximum absolute atomic E-state index is 13.1. The van der Waals surface area contributed by atoms with Crippen molar-refractivity contribution in [3.05, 3.63) is 35.9 Å². The maximum atomic E-state index is 13.1. The van der Waals surface area contributed by atoms with Crippen molar-refractivity contribution in [3.8, 4) is 0 Å². The average molecular weight is 399 g/mol. The number of nitrogens with zero attached hydrogens (tertiary/aromatic N) is 3. The standard InChI is InChI=1S/C22H30N4O3/c1-21(17-7-4-3-5-8-17)19(28)26(20(29)23-21)15-18(27)25-12-6-9-22(16-25)10-13-24(2)14-11-22/h3-5,7-8H,6,9-16H2,1-2H3,(H,23,29). The second-order valence-corrected chi connectivity index (χ2v) is 9.03. The van der Waals surface area contributed by atoms with Crippen molar-refractivity contribution in [2.24, 2.45) is 5.41 Å². The molecule has 1 aromatic carbocycles. The Morgan fingerprint density at radius 3 is 2.45 bits per heavy atom. The van der Waals surface area contributed by atoms with Crippen LogP contribution >= 0.6 is 0 Å². The van der Waals surface area contributed by atoms with Gasteiger partial charge in [0.25, 0.3) is 5.91 Å². The van der Waals surface area contributed by atoms with Crippen molar-refractivity contribution < 1.29 is 14.4 Å². The molecule has 156 valence electrons. The molecule has 3 heterocycles. The van der Waals surface area contributed by atoms with Crippen molar-refractivity contribution in [1.29, 1.82) is 0 Å². The van der Waals surface area contributed by atoms with Crippen LogP contribution in [0.15, 0.2) is 30.3 Å². The third-order valence-electron chi connectivity index (χ3n) is 6.98. The lowest BCUT2D eigenvalue weighted by Gasteiger charge is -2.47. The van der Waals surface area contributed by atoms with E-state index in [9.17, 15) is 14.4 Å². The van der Waals surface area contributed by atoms with Crippen LogP contribution in [0.1, 0.15) is 38.2 Å². The first-order valence-corrected chi connectivity index (χ1v) is 10.5. The quantitative estimate of drug-likeness (QED) is 0.788. The van der Waals surface area contributed by atoms with E-state index in [-0.39, 0.29) is 23.8 Å². The number of carbonyl (C=O) groups is 3. The summed E-state index contributed by atoms with van der Waals surface area (Å²) in [5, 5.41) is 2.78. The van der Waals surface area contributed by atoms with Crippen molar-refractivity contribution >= 4 is 17.8 Å². The molecule has 1 aromatic rings. The minimum atomic E-state index is -1.13. The molecule has 1 unspecified atom stereocenters. The molecule has 1 spiro atoms. The first kappa shape index (κ1) is 19.9. The molecule has 1 atom stereocenters. The molecule has 0 aromatic heterocycles. The molecule has 7 nitrogen and oxygen atoms in total. The molecule has 0 aliphatic carbocycles. The van der Waals surface area contributed by atoms with E-state index in [0.29, 0.717) is 6.54 Å². The predicted octanol–water partition coefficient (Wildman–Crippen LogP) is 1.79. The lowest BCUT2D eigenvalue weighted by Crippen LogP contribution is -2.53. The molecule has 3 saturated heterocycles. The highest BCUT2D eigenvalue weighted by Gasteiger charge is 2.50. The summed E-state index contributed by atoms with van der Waals surface area (Å²) in [5.74, 6) is -0.503. The Kier molecular flexibility index (Phi) is 5.11. The molecule has 29 heavy (non-hydrogen) atoms. The van der Waals surface area contributed by atoms with Gasteiger partial charge < -0.3 is 15.1 Å². The summed E-state index contributed by atoms with van der Waals surface area (Å²) in [6.07, 6.45) is 4.34. The van der Waals surface area contributed by atoms with E-state index in [0.717, 1.165) is 55.8 Å². The smallest absolute Gasteiger partial charge is 0.325 e. The summed E-state index contributed by atoms with van der Waals surface area (Å²) < 4.78 is 0. The second kappa shape index (κ2) is 7.44. The van der Waals surface area contributed by atoms with Gasteiger partial charge in [-0.3, -0.25) is 14.5 Å². The minimum Gasteiger partial charge on any atom is -0.341 e.